The molecule has 5 heteroatoms. The van der Waals surface area contributed by atoms with E-state index in [9.17, 15) is 4.79 Å². The standard InChI is InChI=1S/C14H20N2O2S/c15-13(12-2-1-7-19-12)14(17)16(11-3-4-11)8-10-5-6-18-9-10/h1-2,7,10-11,13H,3-6,8-9,15H2. The Labute approximate surface area is 117 Å². The van der Waals surface area contributed by atoms with E-state index in [0.29, 0.717) is 12.0 Å². The van der Waals surface area contributed by atoms with Crippen LogP contribution in [-0.4, -0.2) is 36.6 Å². The van der Waals surface area contributed by atoms with Crippen molar-refractivity contribution in [3.63, 3.8) is 0 Å². The summed E-state index contributed by atoms with van der Waals surface area (Å²) in [6.45, 7) is 2.42. The minimum absolute atomic E-state index is 0.0804. The molecule has 2 heterocycles. The fourth-order valence-electron chi connectivity index (χ4n) is 2.58. The van der Waals surface area contributed by atoms with Crippen molar-refractivity contribution >= 4 is 17.2 Å². The highest BCUT2D eigenvalue weighted by Crippen LogP contribution is 2.31. The zero-order valence-corrected chi connectivity index (χ0v) is 11.8. The highest BCUT2D eigenvalue weighted by atomic mass is 32.1. The highest BCUT2D eigenvalue weighted by Gasteiger charge is 2.37. The lowest BCUT2D eigenvalue weighted by molar-refractivity contribution is -0.134. The monoisotopic (exact) mass is 280 g/mol. The Balaban J connectivity index is 1.67. The molecule has 2 N–H and O–H groups in total. The minimum atomic E-state index is -0.497. The number of hydrogen-bond donors (Lipinski definition) is 1. The van der Waals surface area contributed by atoms with Crippen LogP contribution in [-0.2, 0) is 9.53 Å². The highest BCUT2D eigenvalue weighted by molar-refractivity contribution is 7.10. The van der Waals surface area contributed by atoms with Crippen LogP contribution in [0.25, 0.3) is 0 Å². The lowest BCUT2D eigenvalue weighted by Gasteiger charge is -2.27. The van der Waals surface area contributed by atoms with E-state index in [-0.39, 0.29) is 5.91 Å². The van der Waals surface area contributed by atoms with E-state index in [4.69, 9.17) is 10.5 Å². The molecule has 2 aliphatic rings. The molecule has 19 heavy (non-hydrogen) atoms. The lowest BCUT2D eigenvalue weighted by Crippen LogP contribution is -2.42. The summed E-state index contributed by atoms with van der Waals surface area (Å²) in [5.74, 6) is 0.567. The first-order chi connectivity index (χ1) is 9.25. The van der Waals surface area contributed by atoms with E-state index in [1.54, 1.807) is 11.3 Å². The van der Waals surface area contributed by atoms with Crippen LogP contribution in [0, 0.1) is 5.92 Å². The molecular formula is C14H20N2O2S. The molecule has 2 unspecified atom stereocenters. The van der Waals surface area contributed by atoms with Gasteiger partial charge >= 0.3 is 0 Å². The average Bonchev–Trinajstić information content (AvgIpc) is 2.94. The maximum absolute atomic E-state index is 12.6. The summed E-state index contributed by atoms with van der Waals surface area (Å²) in [5.41, 5.74) is 6.11. The Bertz CT molecular complexity index is 425. The van der Waals surface area contributed by atoms with Crippen molar-refractivity contribution in [3.05, 3.63) is 22.4 Å². The normalized spacial score (nSPS) is 24.4. The largest absolute Gasteiger partial charge is 0.381 e. The predicted molar refractivity (Wildman–Crippen MR) is 74.9 cm³/mol. The second kappa shape index (κ2) is 5.61. The average molecular weight is 280 g/mol. The second-order valence-electron chi connectivity index (χ2n) is 5.44. The molecule has 4 nitrogen and oxygen atoms in total. The smallest absolute Gasteiger partial charge is 0.245 e. The molecular weight excluding hydrogens is 260 g/mol. The molecule has 1 saturated heterocycles. The fraction of sp³-hybridized carbons (Fsp3) is 0.643. The molecule has 1 aliphatic heterocycles. The Kier molecular flexibility index (Phi) is 3.86. The maximum atomic E-state index is 12.6. The Hall–Kier alpha value is -0.910. The van der Waals surface area contributed by atoms with Gasteiger partial charge in [0.25, 0.3) is 0 Å². The third kappa shape index (κ3) is 2.99. The Morgan fingerprint density at radius 1 is 1.53 bits per heavy atom. The molecule has 1 aromatic heterocycles. The van der Waals surface area contributed by atoms with E-state index >= 15 is 0 Å². The third-order valence-corrected chi connectivity index (χ3v) is 4.82. The van der Waals surface area contributed by atoms with Gasteiger partial charge in [0.15, 0.2) is 0 Å². The molecule has 2 fully saturated rings. The predicted octanol–water partition coefficient (Wildman–Crippen LogP) is 1.78. The summed E-state index contributed by atoms with van der Waals surface area (Å²) in [7, 11) is 0. The molecule has 1 amide bonds. The Morgan fingerprint density at radius 2 is 2.37 bits per heavy atom. The van der Waals surface area contributed by atoms with Crippen LogP contribution >= 0.6 is 11.3 Å². The summed E-state index contributed by atoms with van der Waals surface area (Å²) in [6.07, 6.45) is 3.30. The van der Waals surface area contributed by atoms with Crippen LogP contribution in [0.15, 0.2) is 17.5 Å². The van der Waals surface area contributed by atoms with E-state index in [1.807, 2.05) is 22.4 Å². The quantitative estimate of drug-likeness (QED) is 0.894. The molecule has 104 valence electrons. The van der Waals surface area contributed by atoms with Crippen molar-refractivity contribution in [2.75, 3.05) is 19.8 Å². The van der Waals surface area contributed by atoms with Gasteiger partial charge in [-0.05, 0) is 30.7 Å². The number of rotatable bonds is 5. The van der Waals surface area contributed by atoms with Crippen LogP contribution in [0.1, 0.15) is 30.2 Å². The number of thiophene rings is 1. The van der Waals surface area contributed by atoms with Crippen LogP contribution in [0.4, 0.5) is 0 Å². The van der Waals surface area contributed by atoms with Crippen LogP contribution in [0.3, 0.4) is 0 Å². The van der Waals surface area contributed by atoms with E-state index in [2.05, 4.69) is 0 Å². The first kappa shape index (κ1) is 13.1. The van der Waals surface area contributed by atoms with Gasteiger partial charge in [-0.3, -0.25) is 4.79 Å². The Morgan fingerprint density at radius 3 is 2.95 bits per heavy atom. The topological polar surface area (TPSA) is 55.6 Å². The van der Waals surface area contributed by atoms with Crippen LogP contribution in [0.5, 0.6) is 0 Å². The van der Waals surface area contributed by atoms with E-state index in [0.717, 1.165) is 43.9 Å². The second-order valence-corrected chi connectivity index (χ2v) is 6.42. The number of amides is 1. The van der Waals surface area contributed by atoms with Gasteiger partial charge in [0.05, 0.1) is 6.61 Å². The number of carbonyl (C=O) groups is 1. The lowest BCUT2D eigenvalue weighted by atomic mass is 10.1. The molecule has 2 atom stereocenters. The van der Waals surface area contributed by atoms with Gasteiger partial charge in [0.2, 0.25) is 5.91 Å². The van der Waals surface area contributed by atoms with Gasteiger partial charge in [-0.1, -0.05) is 6.07 Å². The molecule has 0 spiro atoms. The van der Waals surface area contributed by atoms with Crippen molar-refractivity contribution < 1.29 is 9.53 Å². The summed E-state index contributed by atoms with van der Waals surface area (Å²) in [4.78, 5) is 15.5. The summed E-state index contributed by atoms with van der Waals surface area (Å²) in [6, 6.07) is 3.80. The van der Waals surface area contributed by atoms with Gasteiger partial charge in [-0.15, -0.1) is 11.3 Å². The maximum Gasteiger partial charge on any atom is 0.245 e. The third-order valence-electron chi connectivity index (χ3n) is 3.87. The van der Waals surface area contributed by atoms with Gasteiger partial charge in [-0.2, -0.15) is 0 Å². The zero-order valence-electron chi connectivity index (χ0n) is 11.0. The molecule has 1 aliphatic carbocycles. The molecule has 0 bridgehead atoms. The molecule has 0 aromatic carbocycles. The van der Waals surface area contributed by atoms with E-state index < -0.39 is 6.04 Å². The number of nitrogens with zero attached hydrogens (tertiary/aromatic N) is 1. The van der Waals surface area contributed by atoms with Crippen LogP contribution < -0.4 is 5.73 Å². The van der Waals surface area contributed by atoms with E-state index in [1.165, 1.54) is 0 Å². The van der Waals surface area contributed by atoms with Crippen molar-refractivity contribution in [1.29, 1.82) is 0 Å². The van der Waals surface area contributed by atoms with Gasteiger partial charge in [0, 0.05) is 30.0 Å². The van der Waals surface area contributed by atoms with Gasteiger partial charge < -0.3 is 15.4 Å². The number of carbonyl (C=O) groups excluding carboxylic acids is 1. The van der Waals surface area contributed by atoms with Crippen molar-refractivity contribution in [2.45, 2.75) is 31.3 Å². The van der Waals surface area contributed by atoms with Crippen LogP contribution in [0.2, 0.25) is 0 Å². The summed E-state index contributed by atoms with van der Waals surface area (Å²) in [5, 5.41) is 1.97. The molecule has 1 aromatic rings. The molecule has 1 saturated carbocycles. The van der Waals surface area contributed by atoms with Gasteiger partial charge in [-0.25, -0.2) is 0 Å². The van der Waals surface area contributed by atoms with Gasteiger partial charge in [0.1, 0.15) is 6.04 Å². The molecule has 3 rings (SSSR count). The SMILES string of the molecule is NC(C(=O)N(CC1CCOC1)C1CC1)c1cccs1. The molecule has 0 radical (unpaired) electrons. The van der Waals surface area contributed by atoms with Crippen molar-refractivity contribution in [1.82, 2.24) is 4.90 Å². The van der Waals surface area contributed by atoms with Crippen molar-refractivity contribution in [3.8, 4) is 0 Å². The zero-order chi connectivity index (χ0) is 13.2. The summed E-state index contributed by atoms with van der Waals surface area (Å²) < 4.78 is 5.40. The van der Waals surface area contributed by atoms with Crippen molar-refractivity contribution in [2.24, 2.45) is 11.7 Å². The first-order valence-corrected chi connectivity index (χ1v) is 7.81. The minimum Gasteiger partial charge on any atom is -0.381 e. The number of nitrogens with two attached hydrogens (primary N) is 1. The number of ether oxygens (including phenoxy) is 1. The number of hydrogen-bond acceptors (Lipinski definition) is 4. The summed E-state index contributed by atoms with van der Waals surface area (Å²) >= 11 is 1.55. The first-order valence-electron chi connectivity index (χ1n) is 6.93. The fourth-order valence-corrected chi connectivity index (χ4v) is 3.30.